The molecule has 40 heavy (non-hydrogen) atoms. The molecule has 6 rings (SSSR count). The Morgan fingerprint density at radius 1 is 1.05 bits per heavy atom. The third-order valence-electron chi connectivity index (χ3n) is 7.28. The highest BCUT2D eigenvalue weighted by Gasteiger charge is 2.35. The van der Waals surface area contributed by atoms with Crippen LogP contribution in [0, 0.1) is 0 Å². The van der Waals surface area contributed by atoms with Gasteiger partial charge < -0.3 is 25.1 Å². The van der Waals surface area contributed by atoms with Gasteiger partial charge in [0.25, 0.3) is 5.56 Å². The molecule has 10 nitrogen and oxygen atoms in total. The number of piperazine rings is 1. The molecular weight excluding hydrogens is 523 g/mol. The fourth-order valence-electron chi connectivity index (χ4n) is 5.21. The molecule has 1 saturated heterocycles. The maximum Gasteiger partial charge on any atom is 0.418 e. The number of rotatable bonds is 5. The summed E-state index contributed by atoms with van der Waals surface area (Å²) in [6, 6.07) is 7.24. The molecule has 0 bridgehead atoms. The maximum atomic E-state index is 13.8. The lowest BCUT2D eigenvalue weighted by Crippen LogP contribution is -2.44. The number of likely N-dealkylation sites (N-methyl/N-ethyl adjacent to an activating group) is 1. The molecule has 4 aromatic heterocycles. The molecule has 1 aliphatic rings. The molecular formula is C27H28F3N9O. The zero-order valence-corrected chi connectivity index (χ0v) is 22.2. The number of anilines is 2. The zero-order valence-electron chi connectivity index (χ0n) is 22.2. The Balaban J connectivity index is 1.45. The normalized spacial score (nSPS) is 15.7. The number of aromatic amines is 2. The van der Waals surface area contributed by atoms with Gasteiger partial charge in [0.2, 0.25) is 0 Å². The molecule has 0 unspecified atom stereocenters. The van der Waals surface area contributed by atoms with Crippen LogP contribution < -0.4 is 15.8 Å². The summed E-state index contributed by atoms with van der Waals surface area (Å²) in [5.74, 6) is 0.283. The van der Waals surface area contributed by atoms with E-state index in [1.165, 1.54) is 16.9 Å². The van der Waals surface area contributed by atoms with Gasteiger partial charge in [-0.3, -0.25) is 14.5 Å². The summed E-state index contributed by atoms with van der Waals surface area (Å²) in [7, 11) is 3.80. The van der Waals surface area contributed by atoms with E-state index in [1.807, 2.05) is 18.2 Å². The van der Waals surface area contributed by atoms with Crippen molar-refractivity contribution in [2.24, 2.45) is 7.05 Å². The van der Waals surface area contributed by atoms with Crippen molar-refractivity contribution in [3.8, 4) is 11.4 Å². The summed E-state index contributed by atoms with van der Waals surface area (Å²) in [4.78, 5) is 32.8. The molecule has 1 aromatic carbocycles. The number of nitrogens with one attached hydrogen (secondary N) is 3. The van der Waals surface area contributed by atoms with Gasteiger partial charge in [0.1, 0.15) is 16.9 Å². The van der Waals surface area contributed by atoms with Crippen molar-refractivity contribution in [2.75, 3.05) is 43.4 Å². The molecule has 5 aromatic rings. The predicted molar refractivity (Wildman–Crippen MR) is 147 cm³/mol. The Morgan fingerprint density at radius 3 is 2.58 bits per heavy atom. The van der Waals surface area contributed by atoms with Crippen LogP contribution in [0.4, 0.5) is 24.5 Å². The summed E-state index contributed by atoms with van der Waals surface area (Å²) in [5.41, 5.74) is 2.22. The van der Waals surface area contributed by atoms with Crippen molar-refractivity contribution in [3.63, 3.8) is 0 Å². The second-order valence-electron chi connectivity index (χ2n) is 10.1. The lowest BCUT2D eigenvalue weighted by Gasteiger charge is -2.34. The molecule has 0 aliphatic carbocycles. The Labute approximate surface area is 226 Å². The predicted octanol–water partition coefficient (Wildman–Crippen LogP) is 4.14. The first-order valence-electron chi connectivity index (χ1n) is 12.9. The first-order chi connectivity index (χ1) is 19.1. The van der Waals surface area contributed by atoms with Gasteiger partial charge in [-0.05, 0) is 44.3 Å². The van der Waals surface area contributed by atoms with Gasteiger partial charge in [0.15, 0.2) is 0 Å². The largest absolute Gasteiger partial charge is 0.418 e. The summed E-state index contributed by atoms with van der Waals surface area (Å²) in [6.45, 7) is 5.30. The van der Waals surface area contributed by atoms with Crippen molar-refractivity contribution < 1.29 is 13.2 Å². The van der Waals surface area contributed by atoms with Crippen molar-refractivity contribution in [3.05, 3.63) is 64.3 Å². The number of aromatic nitrogens is 6. The average molecular weight is 552 g/mol. The lowest BCUT2D eigenvalue weighted by atomic mass is 10.1. The number of fused-ring (bicyclic) bond motifs is 2. The number of benzene rings is 1. The first-order valence-corrected chi connectivity index (χ1v) is 12.9. The highest BCUT2D eigenvalue weighted by molar-refractivity contribution is 5.96. The SMILES string of the molecule is C[C@H](Nc1c(-c2nc3ccc(N4CCN(C)CC4)cc3[nH]2)c(=O)[nH]c2cn(C)nc12)c1ncccc1C(F)(F)F. The highest BCUT2D eigenvalue weighted by atomic mass is 19.4. The second kappa shape index (κ2) is 9.66. The minimum atomic E-state index is -4.59. The number of alkyl halides is 3. The van der Waals surface area contributed by atoms with Crippen LogP contribution in [-0.4, -0.2) is 67.8 Å². The number of H-pyrrole nitrogens is 2. The van der Waals surface area contributed by atoms with Crippen LogP contribution in [0.1, 0.15) is 24.2 Å². The minimum absolute atomic E-state index is 0.153. The van der Waals surface area contributed by atoms with E-state index in [4.69, 9.17) is 0 Å². The monoisotopic (exact) mass is 551 g/mol. The van der Waals surface area contributed by atoms with Crippen molar-refractivity contribution in [1.29, 1.82) is 0 Å². The van der Waals surface area contributed by atoms with Crippen LogP contribution in [0.25, 0.3) is 33.5 Å². The quantitative estimate of drug-likeness (QED) is 0.301. The van der Waals surface area contributed by atoms with Gasteiger partial charge in [-0.25, -0.2) is 4.98 Å². The molecule has 0 spiro atoms. The summed E-state index contributed by atoms with van der Waals surface area (Å²) in [6.07, 6.45) is -1.63. The molecule has 0 amide bonds. The number of imidazole rings is 1. The van der Waals surface area contributed by atoms with Crippen LogP contribution in [0.3, 0.4) is 0 Å². The molecule has 3 N–H and O–H groups in total. The maximum absolute atomic E-state index is 13.8. The van der Waals surface area contributed by atoms with Crippen LogP contribution in [-0.2, 0) is 13.2 Å². The van der Waals surface area contributed by atoms with E-state index in [2.05, 4.69) is 47.2 Å². The van der Waals surface area contributed by atoms with E-state index in [0.29, 0.717) is 16.6 Å². The number of pyridine rings is 2. The first kappa shape index (κ1) is 25.9. The summed E-state index contributed by atoms with van der Waals surface area (Å²) < 4.78 is 42.8. The van der Waals surface area contributed by atoms with Crippen LogP contribution in [0.5, 0.6) is 0 Å². The van der Waals surface area contributed by atoms with E-state index in [0.717, 1.165) is 43.4 Å². The molecule has 1 atom stereocenters. The topological polar surface area (TPSA) is 111 Å². The van der Waals surface area contributed by atoms with Gasteiger partial charge in [0, 0.05) is 51.3 Å². The van der Waals surface area contributed by atoms with E-state index in [9.17, 15) is 18.0 Å². The number of hydrogen-bond donors (Lipinski definition) is 3. The second-order valence-corrected chi connectivity index (χ2v) is 10.1. The standard InChI is InChI=1S/C27H28F3N9O/c1-15(22-17(27(28,29)30)5-4-8-31-22)32-24-21(26(40)35-20-14-38(3)36-23(20)24)25-33-18-7-6-16(13-19(18)34-25)39-11-9-37(2)10-12-39/h4-8,13-15,32H,9-12H2,1-3H3,(H,33,34)(H,35,40)/t15-/m0/s1. The Kier molecular flexibility index (Phi) is 6.25. The zero-order chi connectivity index (χ0) is 28.2. The minimum Gasteiger partial charge on any atom is -0.374 e. The number of halogens is 3. The number of hydrogen-bond acceptors (Lipinski definition) is 7. The molecule has 0 radical (unpaired) electrons. The number of aryl methyl sites for hydroxylation is 1. The molecule has 0 saturated carbocycles. The summed E-state index contributed by atoms with van der Waals surface area (Å²) in [5, 5.41) is 7.60. The van der Waals surface area contributed by atoms with Gasteiger partial charge >= 0.3 is 6.18 Å². The average Bonchev–Trinajstić information content (AvgIpc) is 3.50. The molecule has 208 valence electrons. The Bertz CT molecular complexity index is 1760. The third-order valence-corrected chi connectivity index (χ3v) is 7.28. The van der Waals surface area contributed by atoms with Gasteiger partial charge in [-0.1, -0.05) is 0 Å². The highest BCUT2D eigenvalue weighted by Crippen LogP contribution is 2.37. The van der Waals surface area contributed by atoms with E-state index < -0.39 is 23.3 Å². The van der Waals surface area contributed by atoms with E-state index in [1.54, 1.807) is 20.2 Å². The van der Waals surface area contributed by atoms with Crippen LogP contribution in [0.2, 0.25) is 0 Å². The van der Waals surface area contributed by atoms with Gasteiger partial charge in [0.05, 0.1) is 39.5 Å². The number of nitrogens with zero attached hydrogens (tertiary/aromatic N) is 6. The molecule has 5 heterocycles. The fourth-order valence-corrected chi connectivity index (χ4v) is 5.21. The van der Waals surface area contributed by atoms with Crippen LogP contribution >= 0.6 is 0 Å². The van der Waals surface area contributed by atoms with Crippen molar-refractivity contribution in [1.82, 2.24) is 34.6 Å². The Morgan fingerprint density at radius 2 is 1.82 bits per heavy atom. The summed E-state index contributed by atoms with van der Waals surface area (Å²) >= 11 is 0. The van der Waals surface area contributed by atoms with Crippen molar-refractivity contribution >= 4 is 33.4 Å². The molecule has 1 fully saturated rings. The third kappa shape index (κ3) is 4.66. The van der Waals surface area contributed by atoms with Crippen molar-refractivity contribution in [2.45, 2.75) is 19.1 Å². The van der Waals surface area contributed by atoms with Gasteiger partial charge in [-0.15, -0.1) is 0 Å². The van der Waals surface area contributed by atoms with Gasteiger partial charge in [-0.2, -0.15) is 18.3 Å². The lowest BCUT2D eigenvalue weighted by molar-refractivity contribution is -0.138. The smallest absolute Gasteiger partial charge is 0.374 e. The Hall–Kier alpha value is -4.39. The van der Waals surface area contributed by atoms with E-state index >= 15 is 0 Å². The fraction of sp³-hybridized carbons (Fsp3) is 0.333. The van der Waals surface area contributed by atoms with Crippen LogP contribution in [0.15, 0.2) is 47.5 Å². The van der Waals surface area contributed by atoms with E-state index in [-0.39, 0.29) is 22.8 Å². The molecule has 13 heteroatoms. The molecule has 1 aliphatic heterocycles.